The monoisotopic (exact) mass is 366 g/mol. The number of rotatable bonds is 4. The summed E-state index contributed by atoms with van der Waals surface area (Å²) in [6.45, 7) is 5.48. The van der Waals surface area contributed by atoms with Gasteiger partial charge in [-0.1, -0.05) is 24.3 Å². The third-order valence-corrected chi connectivity index (χ3v) is 4.54. The second-order valence-electron chi connectivity index (χ2n) is 7.01. The molecule has 1 fully saturated rings. The number of carbonyl (C=O) groups is 1. The fraction of sp³-hybridized carbons (Fsp3) is 0.421. The Balaban J connectivity index is 2.13. The molecule has 0 spiro atoms. The number of benzene rings is 2. The van der Waals surface area contributed by atoms with E-state index in [1.165, 1.54) is 12.1 Å². The highest BCUT2D eigenvalue weighted by Crippen LogP contribution is 2.43. The third-order valence-electron chi connectivity index (χ3n) is 4.54. The van der Waals surface area contributed by atoms with Crippen molar-refractivity contribution in [2.75, 3.05) is 6.61 Å². The molecule has 2 aromatic rings. The number of carbonyl (C=O) groups excluding carboxylic acids is 1. The van der Waals surface area contributed by atoms with Crippen molar-refractivity contribution in [1.29, 1.82) is 0 Å². The summed E-state index contributed by atoms with van der Waals surface area (Å²) in [6.07, 6.45) is -4.54. The maximum atomic E-state index is 14.0. The molecule has 1 atom stereocenters. The summed E-state index contributed by atoms with van der Waals surface area (Å²) < 4.78 is 47.4. The third kappa shape index (κ3) is 3.35. The van der Waals surface area contributed by atoms with Gasteiger partial charge in [0.1, 0.15) is 5.75 Å². The fourth-order valence-corrected chi connectivity index (χ4v) is 3.41. The van der Waals surface area contributed by atoms with Crippen molar-refractivity contribution in [3.63, 3.8) is 0 Å². The largest absolute Gasteiger partial charge is 0.493 e. The van der Waals surface area contributed by atoms with Gasteiger partial charge in [0.05, 0.1) is 6.61 Å². The highest BCUT2D eigenvalue weighted by molar-refractivity contribution is 5.89. The lowest BCUT2D eigenvalue weighted by atomic mass is 9.95. The molecule has 0 radical (unpaired) electrons. The summed E-state index contributed by atoms with van der Waals surface area (Å²) in [5, 5.41) is 2.43. The number of fused-ring (bicyclic) bond motifs is 1. The molecule has 1 heterocycles. The molecule has 0 aliphatic carbocycles. The summed E-state index contributed by atoms with van der Waals surface area (Å²) in [7, 11) is 0. The molecule has 1 amide bonds. The van der Waals surface area contributed by atoms with Crippen molar-refractivity contribution in [2.24, 2.45) is 0 Å². The number of hydrogen-bond donors (Lipinski definition) is 1. The molecule has 0 aromatic heterocycles. The van der Waals surface area contributed by atoms with E-state index in [9.17, 15) is 18.0 Å². The van der Waals surface area contributed by atoms with E-state index in [1.807, 2.05) is 13.0 Å². The summed E-state index contributed by atoms with van der Waals surface area (Å²) >= 11 is 0. The highest BCUT2D eigenvalue weighted by Gasteiger charge is 2.53. The van der Waals surface area contributed by atoms with E-state index in [0.717, 1.165) is 10.4 Å². The zero-order chi connectivity index (χ0) is 19.1. The fourth-order valence-electron chi connectivity index (χ4n) is 3.41. The molecule has 1 saturated heterocycles. The minimum Gasteiger partial charge on any atom is -0.493 e. The van der Waals surface area contributed by atoms with Crippen LogP contribution < -0.4 is 10.2 Å². The second-order valence-corrected chi connectivity index (χ2v) is 7.01. The van der Waals surface area contributed by atoms with E-state index >= 15 is 0 Å². The van der Waals surface area contributed by atoms with Crippen LogP contribution in [0.4, 0.5) is 13.2 Å². The van der Waals surface area contributed by atoms with Crippen molar-refractivity contribution in [2.45, 2.75) is 44.9 Å². The lowest BCUT2D eigenvalue weighted by molar-refractivity contribution is -0.203. The zero-order valence-corrected chi connectivity index (χ0v) is 14.9. The molecule has 4 nitrogen and oxygen atoms in total. The first kappa shape index (κ1) is 18.5. The first-order valence-electron chi connectivity index (χ1n) is 8.44. The standard InChI is InChI=1S/C19H21F3N2O2/c1-4-26-15-7-5-6-12-8-9-13(10-14(12)15)17(19(20,21)22)24-18(2,3)11-16(25)23-24/h5-10,17H,4,11H2,1-3H3,(H,23,25). The maximum Gasteiger partial charge on any atom is 0.409 e. The van der Waals surface area contributed by atoms with Crippen LogP contribution in [0.3, 0.4) is 0 Å². The number of amides is 1. The lowest BCUT2D eigenvalue weighted by Crippen LogP contribution is -2.51. The average Bonchev–Trinajstić information content (AvgIpc) is 2.79. The normalized spacial score (nSPS) is 18.8. The molecule has 3 rings (SSSR count). The van der Waals surface area contributed by atoms with Gasteiger partial charge < -0.3 is 4.74 Å². The van der Waals surface area contributed by atoms with Gasteiger partial charge in [0.15, 0.2) is 6.04 Å². The van der Waals surface area contributed by atoms with E-state index in [-0.39, 0.29) is 12.0 Å². The van der Waals surface area contributed by atoms with Gasteiger partial charge in [-0.2, -0.15) is 18.2 Å². The number of halogens is 3. The highest BCUT2D eigenvalue weighted by atomic mass is 19.4. The Hall–Kier alpha value is -2.28. The van der Waals surface area contributed by atoms with Crippen LogP contribution in [0.5, 0.6) is 5.75 Å². The Labute approximate surface area is 149 Å². The van der Waals surface area contributed by atoms with Gasteiger partial charge in [0, 0.05) is 17.3 Å². The predicted molar refractivity (Wildman–Crippen MR) is 92.6 cm³/mol. The SMILES string of the molecule is CCOc1cccc2ccc(C(N3NC(=O)CC3(C)C)C(F)(F)F)cc12. The number of hydrazine groups is 1. The lowest BCUT2D eigenvalue weighted by Gasteiger charge is -2.38. The molecule has 1 N–H and O–H groups in total. The average molecular weight is 366 g/mol. The van der Waals surface area contributed by atoms with Crippen LogP contribution in [-0.4, -0.2) is 29.2 Å². The van der Waals surface area contributed by atoms with Crippen molar-refractivity contribution in [3.8, 4) is 5.75 Å². The molecular formula is C19H21F3N2O2. The quantitative estimate of drug-likeness (QED) is 0.874. The summed E-state index contributed by atoms with van der Waals surface area (Å²) in [5.41, 5.74) is 1.49. The van der Waals surface area contributed by atoms with Crippen LogP contribution in [0.1, 0.15) is 38.8 Å². The minimum absolute atomic E-state index is 0.0113. The van der Waals surface area contributed by atoms with Crippen LogP contribution >= 0.6 is 0 Å². The Morgan fingerprint density at radius 2 is 2.00 bits per heavy atom. The van der Waals surface area contributed by atoms with Gasteiger partial charge in [-0.3, -0.25) is 10.2 Å². The van der Waals surface area contributed by atoms with E-state index in [2.05, 4.69) is 5.43 Å². The minimum atomic E-state index is -4.55. The number of alkyl halides is 3. The topological polar surface area (TPSA) is 41.6 Å². The van der Waals surface area contributed by atoms with Gasteiger partial charge in [-0.25, -0.2) is 0 Å². The zero-order valence-electron chi connectivity index (χ0n) is 14.9. The second kappa shape index (κ2) is 6.46. The van der Waals surface area contributed by atoms with Gasteiger partial charge in [0.25, 0.3) is 0 Å². The molecule has 1 unspecified atom stereocenters. The van der Waals surface area contributed by atoms with Crippen molar-refractivity contribution in [3.05, 3.63) is 42.0 Å². The van der Waals surface area contributed by atoms with Gasteiger partial charge in [-0.05, 0) is 43.9 Å². The van der Waals surface area contributed by atoms with Crippen molar-refractivity contribution >= 4 is 16.7 Å². The van der Waals surface area contributed by atoms with Crippen molar-refractivity contribution in [1.82, 2.24) is 10.4 Å². The summed E-state index contributed by atoms with van der Waals surface area (Å²) in [5.74, 6) is 0.123. The predicted octanol–water partition coefficient (Wildman–Crippen LogP) is 4.36. The molecule has 0 bridgehead atoms. The number of nitrogens with one attached hydrogen (secondary N) is 1. The van der Waals surface area contributed by atoms with E-state index in [1.54, 1.807) is 32.0 Å². The Kier molecular flexibility index (Phi) is 4.60. The summed E-state index contributed by atoms with van der Waals surface area (Å²) in [6, 6.07) is 8.03. The molecule has 7 heteroatoms. The van der Waals surface area contributed by atoms with Crippen LogP contribution in [0.2, 0.25) is 0 Å². The van der Waals surface area contributed by atoms with Crippen LogP contribution in [-0.2, 0) is 4.79 Å². The Bertz CT molecular complexity index is 833. The van der Waals surface area contributed by atoms with Gasteiger partial charge in [-0.15, -0.1) is 0 Å². The first-order valence-corrected chi connectivity index (χ1v) is 8.44. The smallest absolute Gasteiger partial charge is 0.409 e. The van der Waals surface area contributed by atoms with E-state index in [4.69, 9.17) is 4.74 Å². The van der Waals surface area contributed by atoms with Crippen LogP contribution in [0, 0.1) is 0 Å². The summed E-state index contributed by atoms with van der Waals surface area (Å²) in [4.78, 5) is 11.7. The molecule has 1 aliphatic heterocycles. The van der Waals surface area contributed by atoms with E-state index < -0.39 is 23.7 Å². The molecule has 26 heavy (non-hydrogen) atoms. The first-order chi connectivity index (χ1) is 12.1. The van der Waals surface area contributed by atoms with Crippen LogP contribution in [0.25, 0.3) is 10.8 Å². The number of ether oxygens (including phenoxy) is 1. The molecule has 0 saturated carbocycles. The van der Waals surface area contributed by atoms with E-state index in [0.29, 0.717) is 17.7 Å². The Morgan fingerprint density at radius 3 is 2.58 bits per heavy atom. The molecule has 1 aliphatic rings. The number of hydrogen-bond acceptors (Lipinski definition) is 3. The molecule has 140 valence electrons. The van der Waals surface area contributed by atoms with Gasteiger partial charge >= 0.3 is 6.18 Å². The Morgan fingerprint density at radius 1 is 1.27 bits per heavy atom. The number of nitrogens with zero attached hydrogens (tertiary/aromatic N) is 1. The van der Waals surface area contributed by atoms with Gasteiger partial charge in [0.2, 0.25) is 5.91 Å². The molecular weight excluding hydrogens is 345 g/mol. The molecule has 2 aromatic carbocycles. The maximum absolute atomic E-state index is 14.0. The van der Waals surface area contributed by atoms with Crippen LogP contribution in [0.15, 0.2) is 36.4 Å². The van der Waals surface area contributed by atoms with Crippen molar-refractivity contribution < 1.29 is 22.7 Å².